The standard InChI is InChI=1S/C17H23N3O/c1-4-10-20(11-5-2)17(21)14-12-16(18-3)19-15-9-7-6-8-13(14)15/h6-9,12H,4-5,10-11H2,1-3H3,(H,18,19). The van der Waals surface area contributed by atoms with Crippen LogP contribution in [0, 0.1) is 0 Å². The molecule has 1 N–H and O–H groups in total. The summed E-state index contributed by atoms with van der Waals surface area (Å²) in [6.07, 6.45) is 1.93. The highest BCUT2D eigenvalue weighted by Crippen LogP contribution is 2.22. The van der Waals surface area contributed by atoms with Crippen LogP contribution in [0.4, 0.5) is 5.82 Å². The Balaban J connectivity index is 2.50. The number of anilines is 1. The third-order valence-corrected chi connectivity index (χ3v) is 3.48. The molecule has 0 saturated carbocycles. The van der Waals surface area contributed by atoms with Gasteiger partial charge >= 0.3 is 0 Å². The van der Waals surface area contributed by atoms with Gasteiger partial charge in [-0.05, 0) is 25.0 Å². The number of pyridine rings is 1. The molecule has 0 aliphatic carbocycles. The summed E-state index contributed by atoms with van der Waals surface area (Å²) in [6, 6.07) is 9.65. The molecule has 0 aliphatic rings. The summed E-state index contributed by atoms with van der Waals surface area (Å²) in [4.78, 5) is 19.3. The van der Waals surface area contributed by atoms with Gasteiger partial charge in [-0.1, -0.05) is 32.0 Å². The predicted molar refractivity (Wildman–Crippen MR) is 87.8 cm³/mol. The zero-order valence-corrected chi connectivity index (χ0v) is 13.0. The van der Waals surface area contributed by atoms with Gasteiger partial charge in [-0.15, -0.1) is 0 Å². The van der Waals surface area contributed by atoms with Crippen molar-refractivity contribution in [3.8, 4) is 0 Å². The number of carbonyl (C=O) groups excluding carboxylic acids is 1. The number of benzene rings is 1. The Labute approximate surface area is 126 Å². The first-order valence-corrected chi connectivity index (χ1v) is 7.58. The number of carbonyl (C=O) groups is 1. The molecule has 21 heavy (non-hydrogen) atoms. The lowest BCUT2D eigenvalue weighted by molar-refractivity contribution is 0.0757. The minimum atomic E-state index is 0.0915. The van der Waals surface area contributed by atoms with Crippen molar-refractivity contribution in [2.75, 3.05) is 25.5 Å². The number of hydrogen-bond donors (Lipinski definition) is 1. The average molecular weight is 285 g/mol. The van der Waals surface area contributed by atoms with E-state index in [1.807, 2.05) is 42.3 Å². The lowest BCUT2D eigenvalue weighted by Crippen LogP contribution is -2.32. The average Bonchev–Trinajstić information content (AvgIpc) is 2.53. The summed E-state index contributed by atoms with van der Waals surface area (Å²) >= 11 is 0. The van der Waals surface area contributed by atoms with E-state index in [-0.39, 0.29) is 5.91 Å². The number of amides is 1. The highest BCUT2D eigenvalue weighted by Gasteiger charge is 2.18. The van der Waals surface area contributed by atoms with E-state index in [4.69, 9.17) is 0 Å². The first-order chi connectivity index (χ1) is 10.2. The molecule has 4 nitrogen and oxygen atoms in total. The Hall–Kier alpha value is -2.10. The van der Waals surface area contributed by atoms with Crippen LogP contribution >= 0.6 is 0 Å². The molecule has 1 aromatic carbocycles. The molecule has 112 valence electrons. The van der Waals surface area contributed by atoms with Gasteiger partial charge in [0, 0.05) is 25.5 Å². The molecule has 4 heteroatoms. The maximum Gasteiger partial charge on any atom is 0.254 e. The molecule has 0 saturated heterocycles. The molecule has 2 rings (SSSR count). The van der Waals surface area contributed by atoms with Crippen LogP contribution in [-0.4, -0.2) is 35.9 Å². The van der Waals surface area contributed by atoms with Gasteiger partial charge in [0.05, 0.1) is 11.1 Å². The van der Waals surface area contributed by atoms with Crippen LogP contribution in [0.1, 0.15) is 37.0 Å². The van der Waals surface area contributed by atoms with Crippen LogP contribution in [0.15, 0.2) is 30.3 Å². The second-order valence-corrected chi connectivity index (χ2v) is 5.11. The summed E-state index contributed by atoms with van der Waals surface area (Å²) < 4.78 is 0. The number of aromatic nitrogens is 1. The third kappa shape index (κ3) is 3.32. The van der Waals surface area contributed by atoms with Crippen LogP contribution in [0.5, 0.6) is 0 Å². The van der Waals surface area contributed by atoms with Crippen molar-refractivity contribution in [1.82, 2.24) is 9.88 Å². The lowest BCUT2D eigenvalue weighted by atomic mass is 10.1. The van der Waals surface area contributed by atoms with Gasteiger partial charge < -0.3 is 10.2 Å². The van der Waals surface area contributed by atoms with Gasteiger partial charge in [0.15, 0.2) is 0 Å². The molecular formula is C17H23N3O. The van der Waals surface area contributed by atoms with Crippen molar-refractivity contribution in [2.45, 2.75) is 26.7 Å². The van der Waals surface area contributed by atoms with Crippen molar-refractivity contribution in [1.29, 1.82) is 0 Å². The Bertz CT molecular complexity index is 618. The summed E-state index contributed by atoms with van der Waals surface area (Å²) in [6.45, 7) is 5.77. The molecule has 0 radical (unpaired) electrons. The second-order valence-electron chi connectivity index (χ2n) is 5.11. The van der Waals surface area contributed by atoms with Gasteiger partial charge in [0.2, 0.25) is 0 Å². The Kier molecular flexibility index (Phi) is 5.14. The molecule has 2 aromatic rings. The maximum absolute atomic E-state index is 12.9. The highest BCUT2D eigenvalue weighted by molar-refractivity contribution is 6.06. The van der Waals surface area contributed by atoms with E-state index < -0.39 is 0 Å². The summed E-state index contributed by atoms with van der Waals surface area (Å²) in [7, 11) is 1.82. The predicted octanol–water partition coefficient (Wildman–Crippen LogP) is 3.54. The zero-order valence-electron chi connectivity index (χ0n) is 13.0. The minimum Gasteiger partial charge on any atom is -0.373 e. The first kappa shape index (κ1) is 15.3. The normalized spacial score (nSPS) is 10.6. The quantitative estimate of drug-likeness (QED) is 0.883. The Morgan fingerprint density at radius 2 is 1.86 bits per heavy atom. The zero-order chi connectivity index (χ0) is 15.2. The molecular weight excluding hydrogens is 262 g/mol. The van der Waals surface area contributed by atoms with E-state index in [0.29, 0.717) is 0 Å². The Morgan fingerprint density at radius 3 is 2.48 bits per heavy atom. The monoisotopic (exact) mass is 285 g/mol. The smallest absolute Gasteiger partial charge is 0.254 e. The molecule has 0 spiro atoms. The fourth-order valence-electron chi connectivity index (χ4n) is 2.51. The van der Waals surface area contributed by atoms with Crippen molar-refractivity contribution in [3.63, 3.8) is 0 Å². The molecule has 0 unspecified atom stereocenters. The molecule has 1 heterocycles. The van der Waals surface area contributed by atoms with E-state index >= 15 is 0 Å². The first-order valence-electron chi connectivity index (χ1n) is 7.58. The van der Waals surface area contributed by atoms with E-state index in [1.54, 1.807) is 0 Å². The fourth-order valence-corrected chi connectivity index (χ4v) is 2.51. The SMILES string of the molecule is CCCN(CCC)C(=O)c1cc(NC)nc2ccccc12. The van der Waals surface area contributed by atoms with Gasteiger partial charge in [-0.2, -0.15) is 0 Å². The number of nitrogens with one attached hydrogen (secondary N) is 1. The molecule has 0 fully saturated rings. The van der Waals surface area contributed by atoms with Gasteiger partial charge in [0.25, 0.3) is 5.91 Å². The van der Waals surface area contributed by atoms with E-state index in [2.05, 4.69) is 24.1 Å². The number of rotatable bonds is 6. The van der Waals surface area contributed by atoms with Crippen LogP contribution in [0.2, 0.25) is 0 Å². The fraction of sp³-hybridized carbons (Fsp3) is 0.412. The largest absolute Gasteiger partial charge is 0.373 e. The minimum absolute atomic E-state index is 0.0915. The lowest BCUT2D eigenvalue weighted by Gasteiger charge is -2.22. The van der Waals surface area contributed by atoms with Crippen molar-refractivity contribution < 1.29 is 4.79 Å². The number of nitrogens with zero attached hydrogens (tertiary/aromatic N) is 2. The van der Waals surface area contributed by atoms with Crippen molar-refractivity contribution in [3.05, 3.63) is 35.9 Å². The highest BCUT2D eigenvalue weighted by atomic mass is 16.2. The van der Waals surface area contributed by atoms with Gasteiger partial charge in [-0.3, -0.25) is 4.79 Å². The van der Waals surface area contributed by atoms with Crippen LogP contribution < -0.4 is 5.32 Å². The van der Waals surface area contributed by atoms with Gasteiger partial charge in [-0.25, -0.2) is 4.98 Å². The van der Waals surface area contributed by atoms with E-state index in [0.717, 1.165) is 48.2 Å². The topological polar surface area (TPSA) is 45.2 Å². The van der Waals surface area contributed by atoms with Crippen LogP contribution in [-0.2, 0) is 0 Å². The molecule has 0 aliphatic heterocycles. The number of fused-ring (bicyclic) bond motifs is 1. The summed E-state index contributed by atoms with van der Waals surface area (Å²) in [5.41, 5.74) is 1.58. The molecule has 1 aromatic heterocycles. The second kappa shape index (κ2) is 7.07. The Morgan fingerprint density at radius 1 is 1.19 bits per heavy atom. The van der Waals surface area contributed by atoms with Crippen molar-refractivity contribution in [2.24, 2.45) is 0 Å². The van der Waals surface area contributed by atoms with Crippen LogP contribution in [0.25, 0.3) is 10.9 Å². The molecule has 1 amide bonds. The van der Waals surface area contributed by atoms with Gasteiger partial charge in [0.1, 0.15) is 5.82 Å². The van der Waals surface area contributed by atoms with E-state index in [1.165, 1.54) is 0 Å². The van der Waals surface area contributed by atoms with Crippen molar-refractivity contribution >= 4 is 22.6 Å². The third-order valence-electron chi connectivity index (χ3n) is 3.48. The van der Waals surface area contributed by atoms with Crippen LogP contribution in [0.3, 0.4) is 0 Å². The number of hydrogen-bond acceptors (Lipinski definition) is 3. The molecule has 0 atom stereocenters. The number of para-hydroxylation sites is 1. The summed E-state index contributed by atoms with van der Waals surface area (Å²) in [5.74, 6) is 0.818. The molecule has 0 bridgehead atoms. The summed E-state index contributed by atoms with van der Waals surface area (Å²) in [5, 5.41) is 3.95. The maximum atomic E-state index is 12.9. The van der Waals surface area contributed by atoms with E-state index in [9.17, 15) is 4.79 Å².